The predicted molar refractivity (Wildman–Crippen MR) is 50.5 cm³/mol. The number of hydrogen-bond acceptors (Lipinski definition) is 3. The fourth-order valence-electron chi connectivity index (χ4n) is 1.11. The van der Waals surface area contributed by atoms with Crippen LogP contribution in [0.25, 0.3) is 0 Å². The van der Waals surface area contributed by atoms with Gasteiger partial charge in [0, 0.05) is 12.4 Å². The number of nitrogens with zero attached hydrogens (tertiary/aromatic N) is 1. The quantitative estimate of drug-likeness (QED) is 0.807. The minimum Gasteiger partial charge on any atom is -0.335 e. The van der Waals surface area contributed by atoms with E-state index < -0.39 is 9.84 Å². The fraction of sp³-hybridized carbons (Fsp3) is 0. The van der Waals surface area contributed by atoms with Crippen molar-refractivity contribution in [3.05, 3.63) is 42.7 Å². The first kappa shape index (κ1) is 8.96. The van der Waals surface area contributed by atoms with Gasteiger partial charge in [-0.3, -0.25) is 0 Å². The van der Waals surface area contributed by atoms with E-state index in [1.54, 1.807) is 18.2 Å². The summed E-state index contributed by atoms with van der Waals surface area (Å²) in [5.74, 6) is 0. The van der Waals surface area contributed by atoms with Gasteiger partial charge in [-0.15, -0.1) is 0 Å². The summed E-state index contributed by atoms with van der Waals surface area (Å²) in [7, 11) is -3.46. The van der Waals surface area contributed by atoms with Crippen LogP contribution in [-0.2, 0) is 9.84 Å². The molecule has 14 heavy (non-hydrogen) atoms. The first-order chi connectivity index (χ1) is 6.71. The van der Waals surface area contributed by atoms with Crippen LogP contribution in [-0.4, -0.2) is 18.4 Å². The maximum absolute atomic E-state index is 11.8. The minimum atomic E-state index is -3.46. The normalized spacial score (nSPS) is 11.4. The lowest BCUT2D eigenvalue weighted by Crippen LogP contribution is -2.03. The van der Waals surface area contributed by atoms with E-state index in [9.17, 15) is 8.42 Å². The van der Waals surface area contributed by atoms with Crippen LogP contribution in [0.4, 0.5) is 0 Å². The van der Waals surface area contributed by atoms with Gasteiger partial charge in [0.1, 0.15) is 0 Å². The molecular weight excluding hydrogens is 200 g/mol. The van der Waals surface area contributed by atoms with E-state index in [0.717, 1.165) is 0 Å². The first-order valence-electron chi connectivity index (χ1n) is 4.01. The molecule has 0 spiro atoms. The van der Waals surface area contributed by atoms with Gasteiger partial charge < -0.3 is 4.98 Å². The van der Waals surface area contributed by atoms with Crippen molar-refractivity contribution < 1.29 is 8.42 Å². The van der Waals surface area contributed by atoms with Gasteiger partial charge in [0.25, 0.3) is 0 Å². The number of rotatable bonds is 2. The molecule has 0 unspecified atom stereocenters. The summed E-state index contributed by atoms with van der Waals surface area (Å²) in [6.45, 7) is 0. The van der Waals surface area contributed by atoms with Crippen molar-refractivity contribution >= 4 is 9.84 Å². The summed E-state index contributed by atoms with van der Waals surface area (Å²) in [6.07, 6.45) is 2.89. The second kappa shape index (κ2) is 3.26. The summed E-state index contributed by atoms with van der Waals surface area (Å²) >= 11 is 0. The van der Waals surface area contributed by atoms with Crippen LogP contribution in [0.3, 0.4) is 0 Å². The van der Waals surface area contributed by atoms with Crippen molar-refractivity contribution in [2.24, 2.45) is 0 Å². The number of aromatic nitrogens is 2. The minimum absolute atomic E-state index is 0.0244. The van der Waals surface area contributed by atoms with Gasteiger partial charge in [-0.25, -0.2) is 13.4 Å². The molecule has 1 N–H and O–H groups in total. The number of sulfone groups is 1. The Morgan fingerprint density at radius 1 is 1.14 bits per heavy atom. The summed E-state index contributed by atoms with van der Waals surface area (Å²) in [6, 6.07) is 8.20. The Hall–Kier alpha value is -1.62. The van der Waals surface area contributed by atoms with Crippen molar-refractivity contribution in [3.8, 4) is 0 Å². The zero-order chi connectivity index (χ0) is 10.0. The lowest BCUT2D eigenvalue weighted by Gasteiger charge is -1.99. The van der Waals surface area contributed by atoms with Gasteiger partial charge in [-0.1, -0.05) is 18.2 Å². The van der Waals surface area contributed by atoms with Crippen molar-refractivity contribution in [1.82, 2.24) is 9.97 Å². The zero-order valence-corrected chi connectivity index (χ0v) is 8.03. The van der Waals surface area contributed by atoms with Crippen molar-refractivity contribution in [3.63, 3.8) is 0 Å². The molecule has 4 nitrogen and oxygen atoms in total. The highest BCUT2D eigenvalue weighted by Crippen LogP contribution is 2.15. The largest absolute Gasteiger partial charge is 0.335 e. The summed E-state index contributed by atoms with van der Waals surface area (Å²) in [5.41, 5.74) is 0. The van der Waals surface area contributed by atoms with E-state index in [-0.39, 0.29) is 10.1 Å². The predicted octanol–water partition coefficient (Wildman–Crippen LogP) is 1.24. The third-order valence-corrected chi connectivity index (χ3v) is 3.41. The van der Waals surface area contributed by atoms with Crippen LogP contribution < -0.4 is 0 Å². The first-order valence-corrected chi connectivity index (χ1v) is 5.49. The number of imidazole rings is 1. The van der Waals surface area contributed by atoms with Crippen LogP contribution in [0, 0.1) is 0 Å². The molecule has 1 aromatic carbocycles. The highest BCUT2D eigenvalue weighted by molar-refractivity contribution is 7.91. The van der Waals surface area contributed by atoms with Crippen LogP contribution >= 0.6 is 0 Å². The van der Waals surface area contributed by atoms with E-state index in [2.05, 4.69) is 9.97 Å². The van der Waals surface area contributed by atoms with Crippen molar-refractivity contribution in [2.75, 3.05) is 0 Å². The molecule has 0 fully saturated rings. The SMILES string of the molecule is O=S(=O)(c1ccccc1)c1ncc[nH]1. The molecule has 1 heterocycles. The Morgan fingerprint density at radius 3 is 2.43 bits per heavy atom. The number of benzene rings is 1. The Labute approximate surface area is 81.5 Å². The lowest BCUT2D eigenvalue weighted by atomic mass is 10.4. The molecular formula is C9H8N2O2S. The number of aromatic amines is 1. The molecule has 1 aromatic heterocycles. The molecule has 0 aliphatic rings. The smallest absolute Gasteiger partial charge is 0.239 e. The van der Waals surface area contributed by atoms with E-state index in [0.29, 0.717) is 0 Å². The van der Waals surface area contributed by atoms with E-state index in [1.807, 2.05) is 0 Å². The summed E-state index contributed by atoms with van der Waals surface area (Å²) in [4.78, 5) is 6.54. The molecule has 0 aliphatic carbocycles. The molecule has 2 aromatic rings. The van der Waals surface area contributed by atoms with Gasteiger partial charge in [-0.05, 0) is 12.1 Å². The molecule has 5 heteroatoms. The standard InChI is InChI=1S/C9H8N2O2S/c12-14(13,9-10-6-7-11-9)8-4-2-1-3-5-8/h1-7H,(H,10,11). The number of hydrogen-bond donors (Lipinski definition) is 1. The van der Waals surface area contributed by atoms with Crippen LogP contribution in [0.5, 0.6) is 0 Å². The average Bonchev–Trinajstić information content (AvgIpc) is 2.72. The van der Waals surface area contributed by atoms with E-state index in [4.69, 9.17) is 0 Å². The Morgan fingerprint density at radius 2 is 1.86 bits per heavy atom. The monoisotopic (exact) mass is 208 g/mol. The Bertz CT molecular complexity index is 503. The molecule has 72 valence electrons. The maximum Gasteiger partial charge on any atom is 0.239 e. The molecule has 0 radical (unpaired) electrons. The highest BCUT2D eigenvalue weighted by Gasteiger charge is 2.18. The van der Waals surface area contributed by atoms with Crippen LogP contribution in [0.15, 0.2) is 52.8 Å². The van der Waals surface area contributed by atoms with Crippen LogP contribution in [0.1, 0.15) is 0 Å². The molecule has 0 aliphatic heterocycles. The molecule has 0 bridgehead atoms. The second-order valence-electron chi connectivity index (χ2n) is 2.71. The second-order valence-corrected chi connectivity index (χ2v) is 4.58. The van der Waals surface area contributed by atoms with Gasteiger partial charge >= 0.3 is 0 Å². The molecule has 0 amide bonds. The highest BCUT2D eigenvalue weighted by atomic mass is 32.2. The van der Waals surface area contributed by atoms with E-state index in [1.165, 1.54) is 24.5 Å². The van der Waals surface area contributed by atoms with Crippen molar-refractivity contribution in [1.29, 1.82) is 0 Å². The van der Waals surface area contributed by atoms with Gasteiger partial charge in [0.05, 0.1) is 4.90 Å². The fourth-order valence-corrected chi connectivity index (χ4v) is 2.27. The van der Waals surface area contributed by atoms with E-state index >= 15 is 0 Å². The molecule has 0 saturated heterocycles. The molecule has 2 rings (SSSR count). The number of H-pyrrole nitrogens is 1. The van der Waals surface area contributed by atoms with Crippen molar-refractivity contribution in [2.45, 2.75) is 10.1 Å². The summed E-state index contributed by atoms with van der Waals surface area (Å²) < 4.78 is 23.6. The maximum atomic E-state index is 11.8. The van der Waals surface area contributed by atoms with Gasteiger partial charge in [0.15, 0.2) is 0 Å². The van der Waals surface area contributed by atoms with Crippen LogP contribution in [0.2, 0.25) is 0 Å². The Balaban J connectivity index is 2.55. The van der Waals surface area contributed by atoms with Gasteiger partial charge in [0.2, 0.25) is 15.0 Å². The summed E-state index contributed by atoms with van der Waals surface area (Å²) in [5, 5.41) is -0.0244. The van der Waals surface area contributed by atoms with Gasteiger partial charge in [-0.2, -0.15) is 0 Å². The Kier molecular flexibility index (Phi) is 2.09. The third-order valence-electron chi connectivity index (χ3n) is 1.78. The molecule has 0 saturated carbocycles. The number of nitrogens with one attached hydrogen (secondary N) is 1. The average molecular weight is 208 g/mol. The zero-order valence-electron chi connectivity index (χ0n) is 7.21. The topological polar surface area (TPSA) is 62.8 Å². The lowest BCUT2D eigenvalue weighted by molar-refractivity contribution is 0.589. The third kappa shape index (κ3) is 1.42. The molecule has 0 atom stereocenters.